The van der Waals surface area contributed by atoms with Crippen LogP contribution in [-0.4, -0.2) is 9.55 Å². The fourth-order valence-corrected chi connectivity index (χ4v) is 2.03. The van der Waals surface area contributed by atoms with Gasteiger partial charge in [0.05, 0.1) is 6.07 Å². The van der Waals surface area contributed by atoms with Crippen molar-refractivity contribution in [2.24, 2.45) is 0 Å². The summed E-state index contributed by atoms with van der Waals surface area (Å²) in [5.74, 6) is 0.849. The first-order valence-electron chi connectivity index (χ1n) is 4.46. The lowest BCUT2D eigenvalue weighted by molar-refractivity contribution is 0.840. The average Bonchev–Trinajstić information content (AvgIpc) is 2.67. The molecule has 0 amide bonds. The number of imidazole rings is 1. The molecule has 0 radical (unpaired) electrons. The van der Waals surface area contributed by atoms with E-state index in [0.29, 0.717) is 6.54 Å². The number of halogens is 1. The third kappa shape index (κ3) is 2.02. The number of hydrogen-bond acceptors (Lipinski definition) is 2. The Hall–Kier alpha value is -1.35. The molecule has 0 aliphatic carbocycles. The first kappa shape index (κ1) is 10.2. The third-order valence-corrected chi connectivity index (χ3v) is 3.01. The molecule has 74 valence electrons. The molecule has 0 unspecified atom stereocenters. The van der Waals surface area contributed by atoms with Gasteiger partial charge in [0.2, 0.25) is 0 Å². The standard InChI is InChI=1S/C11H8IN3/c12-10-4-2-1-3-9(10)11-14-6-8-15(11)7-5-13/h1-4,6,8H,7H2. The van der Waals surface area contributed by atoms with E-state index in [1.807, 2.05) is 35.0 Å². The third-order valence-electron chi connectivity index (χ3n) is 2.07. The Bertz CT molecular complexity index is 511. The summed E-state index contributed by atoms with van der Waals surface area (Å²) in [6.45, 7) is 0.334. The van der Waals surface area contributed by atoms with Crippen molar-refractivity contribution in [3.05, 3.63) is 40.2 Å². The zero-order valence-electron chi connectivity index (χ0n) is 7.89. The van der Waals surface area contributed by atoms with Gasteiger partial charge in [0.15, 0.2) is 0 Å². The Morgan fingerprint density at radius 3 is 2.93 bits per heavy atom. The van der Waals surface area contributed by atoms with E-state index in [0.717, 1.165) is 15.0 Å². The quantitative estimate of drug-likeness (QED) is 0.800. The van der Waals surface area contributed by atoms with Crippen molar-refractivity contribution in [2.45, 2.75) is 6.54 Å². The Labute approximate surface area is 102 Å². The molecule has 15 heavy (non-hydrogen) atoms. The van der Waals surface area contributed by atoms with Gasteiger partial charge in [-0.1, -0.05) is 18.2 Å². The molecule has 0 atom stereocenters. The summed E-state index contributed by atoms with van der Waals surface area (Å²) < 4.78 is 2.98. The molecule has 0 N–H and O–H groups in total. The molecule has 0 bridgehead atoms. The molecule has 2 rings (SSSR count). The fraction of sp³-hybridized carbons (Fsp3) is 0.0909. The Kier molecular flexibility index (Phi) is 3.02. The molecule has 1 aromatic heterocycles. The van der Waals surface area contributed by atoms with E-state index in [-0.39, 0.29) is 0 Å². The molecule has 0 saturated carbocycles. The van der Waals surface area contributed by atoms with Gasteiger partial charge in [-0.15, -0.1) is 0 Å². The summed E-state index contributed by atoms with van der Waals surface area (Å²) in [4.78, 5) is 4.27. The molecule has 2 aromatic rings. The maximum Gasteiger partial charge on any atom is 0.141 e. The number of hydrogen-bond donors (Lipinski definition) is 0. The molecule has 4 heteroatoms. The first-order valence-corrected chi connectivity index (χ1v) is 5.54. The molecule has 1 heterocycles. The minimum atomic E-state index is 0.334. The fourth-order valence-electron chi connectivity index (χ4n) is 1.40. The maximum absolute atomic E-state index is 8.68. The smallest absolute Gasteiger partial charge is 0.141 e. The van der Waals surface area contributed by atoms with Crippen LogP contribution in [0.3, 0.4) is 0 Å². The van der Waals surface area contributed by atoms with Crippen molar-refractivity contribution >= 4 is 22.6 Å². The van der Waals surface area contributed by atoms with Gasteiger partial charge in [-0.3, -0.25) is 0 Å². The van der Waals surface area contributed by atoms with Gasteiger partial charge in [0.25, 0.3) is 0 Å². The van der Waals surface area contributed by atoms with Crippen LogP contribution in [0.1, 0.15) is 0 Å². The van der Waals surface area contributed by atoms with E-state index in [1.54, 1.807) is 6.20 Å². The number of aromatic nitrogens is 2. The first-order chi connectivity index (χ1) is 7.33. The summed E-state index contributed by atoms with van der Waals surface area (Å²) in [5, 5.41) is 8.68. The van der Waals surface area contributed by atoms with Crippen molar-refractivity contribution in [3.8, 4) is 17.5 Å². The van der Waals surface area contributed by atoms with Crippen LogP contribution in [0.2, 0.25) is 0 Å². The molecule has 0 spiro atoms. The van der Waals surface area contributed by atoms with Crippen LogP contribution >= 0.6 is 22.6 Å². The monoisotopic (exact) mass is 309 g/mol. The zero-order chi connectivity index (χ0) is 10.7. The lowest BCUT2D eigenvalue weighted by Crippen LogP contribution is -1.98. The highest BCUT2D eigenvalue weighted by Crippen LogP contribution is 2.23. The molecule has 0 aliphatic heterocycles. The van der Waals surface area contributed by atoms with Crippen LogP contribution < -0.4 is 0 Å². The number of rotatable bonds is 2. The van der Waals surface area contributed by atoms with Crippen LogP contribution in [-0.2, 0) is 6.54 Å². The topological polar surface area (TPSA) is 41.6 Å². The van der Waals surface area contributed by atoms with E-state index >= 15 is 0 Å². The van der Waals surface area contributed by atoms with Crippen molar-refractivity contribution in [1.29, 1.82) is 5.26 Å². The van der Waals surface area contributed by atoms with Crippen molar-refractivity contribution < 1.29 is 0 Å². The second-order valence-electron chi connectivity index (χ2n) is 3.02. The normalized spacial score (nSPS) is 9.87. The van der Waals surface area contributed by atoms with Gasteiger partial charge in [0.1, 0.15) is 12.4 Å². The van der Waals surface area contributed by atoms with Crippen molar-refractivity contribution in [2.75, 3.05) is 0 Å². The SMILES string of the molecule is N#CCn1ccnc1-c1ccccc1I. The van der Waals surface area contributed by atoms with Gasteiger partial charge < -0.3 is 4.57 Å². The van der Waals surface area contributed by atoms with Crippen LogP contribution in [0.15, 0.2) is 36.7 Å². The lowest BCUT2D eigenvalue weighted by atomic mass is 10.2. The van der Waals surface area contributed by atoms with Gasteiger partial charge in [-0.25, -0.2) is 4.98 Å². The Morgan fingerprint density at radius 1 is 1.40 bits per heavy atom. The lowest BCUT2D eigenvalue weighted by Gasteiger charge is -2.05. The van der Waals surface area contributed by atoms with Crippen LogP contribution in [0.5, 0.6) is 0 Å². The van der Waals surface area contributed by atoms with Crippen molar-refractivity contribution in [1.82, 2.24) is 9.55 Å². The van der Waals surface area contributed by atoms with Gasteiger partial charge in [-0.2, -0.15) is 5.26 Å². The van der Waals surface area contributed by atoms with E-state index in [2.05, 4.69) is 33.6 Å². The molecular formula is C11H8IN3. The van der Waals surface area contributed by atoms with Gasteiger partial charge in [0, 0.05) is 21.5 Å². The molecular weight excluding hydrogens is 301 g/mol. The number of nitrogens with zero attached hydrogens (tertiary/aromatic N) is 3. The largest absolute Gasteiger partial charge is 0.317 e. The van der Waals surface area contributed by atoms with Gasteiger partial charge in [-0.05, 0) is 28.7 Å². The Balaban J connectivity index is 2.51. The number of benzene rings is 1. The van der Waals surface area contributed by atoms with E-state index in [9.17, 15) is 0 Å². The summed E-state index contributed by atoms with van der Waals surface area (Å²) in [6, 6.07) is 10.1. The predicted molar refractivity (Wildman–Crippen MR) is 66.0 cm³/mol. The van der Waals surface area contributed by atoms with Crippen molar-refractivity contribution in [3.63, 3.8) is 0 Å². The summed E-state index contributed by atoms with van der Waals surface area (Å²) in [5.41, 5.74) is 1.07. The van der Waals surface area contributed by atoms with Crippen LogP contribution in [0.4, 0.5) is 0 Å². The second kappa shape index (κ2) is 4.45. The summed E-state index contributed by atoms with van der Waals surface area (Å²) in [7, 11) is 0. The highest BCUT2D eigenvalue weighted by molar-refractivity contribution is 14.1. The van der Waals surface area contributed by atoms with Gasteiger partial charge >= 0.3 is 0 Å². The van der Waals surface area contributed by atoms with Crippen LogP contribution in [0.25, 0.3) is 11.4 Å². The Morgan fingerprint density at radius 2 is 2.20 bits per heavy atom. The number of nitriles is 1. The summed E-state index contributed by atoms with van der Waals surface area (Å²) >= 11 is 2.27. The maximum atomic E-state index is 8.68. The molecule has 0 saturated heterocycles. The average molecular weight is 309 g/mol. The highest BCUT2D eigenvalue weighted by atomic mass is 127. The highest BCUT2D eigenvalue weighted by Gasteiger charge is 2.07. The minimum absolute atomic E-state index is 0.334. The predicted octanol–water partition coefficient (Wildman–Crippen LogP) is 2.68. The second-order valence-corrected chi connectivity index (χ2v) is 4.18. The molecule has 0 fully saturated rings. The van der Waals surface area contributed by atoms with Crippen LogP contribution in [0, 0.1) is 14.9 Å². The molecule has 1 aromatic carbocycles. The van der Waals surface area contributed by atoms with E-state index in [4.69, 9.17) is 5.26 Å². The van der Waals surface area contributed by atoms with E-state index < -0.39 is 0 Å². The van der Waals surface area contributed by atoms with E-state index in [1.165, 1.54) is 0 Å². The summed E-state index contributed by atoms with van der Waals surface area (Å²) in [6.07, 6.45) is 3.54. The molecule has 0 aliphatic rings. The molecule has 3 nitrogen and oxygen atoms in total. The zero-order valence-corrected chi connectivity index (χ0v) is 10.0. The minimum Gasteiger partial charge on any atom is -0.317 e.